The highest BCUT2D eigenvalue weighted by molar-refractivity contribution is 5.80. The Hall–Kier alpha value is -1.05. The zero-order chi connectivity index (χ0) is 8.84. The van der Waals surface area contributed by atoms with Gasteiger partial charge in [-0.15, -0.1) is 0 Å². The fraction of sp³-hybridized carbons (Fsp3) is 0.545. The fourth-order valence-electron chi connectivity index (χ4n) is 2.93. The van der Waals surface area contributed by atoms with E-state index in [0.717, 1.165) is 12.3 Å². The minimum Gasteiger partial charge on any atom is -0.349 e. The maximum absolute atomic E-state index is 11.2. The maximum atomic E-state index is 11.2. The number of nitrogens with one attached hydrogen (secondary N) is 1. The van der Waals surface area contributed by atoms with E-state index < -0.39 is 0 Å². The van der Waals surface area contributed by atoms with Gasteiger partial charge in [0.25, 0.3) is 0 Å². The topological polar surface area (TPSA) is 29.1 Å². The Labute approximate surface area is 77.7 Å². The summed E-state index contributed by atoms with van der Waals surface area (Å²) >= 11 is 0. The molecule has 2 aliphatic carbocycles. The third kappa shape index (κ3) is 0.978. The number of allylic oxidation sites excluding steroid dienone is 3. The number of hydrogen-bond acceptors (Lipinski definition) is 1. The Morgan fingerprint density at radius 1 is 1.46 bits per heavy atom. The molecule has 0 bridgehead atoms. The summed E-state index contributed by atoms with van der Waals surface area (Å²) in [6.45, 7) is 0. The molecule has 2 nitrogen and oxygen atoms in total. The van der Waals surface area contributed by atoms with Gasteiger partial charge in [0, 0.05) is 6.42 Å². The third-order valence-corrected chi connectivity index (χ3v) is 3.50. The highest BCUT2D eigenvalue weighted by Gasteiger charge is 2.44. The van der Waals surface area contributed by atoms with Crippen LogP contribution in [0.1, 0.15) is 19.3 Å². The van der Waals surface area contributed by atoms with Crippen molar-refractivity contribution in [2.24, 2.45) is 11.8 Å². The molecule has 1 amide bonds. The van der Waals surface area contributed by atoms with Crippen LogP contribution in [-0.4, -0.2) is 11.9 Å². The number of carbonyl (C=O) groups is 1. The maximum Gasteiger partial charge on any atom is 0.220 e. The summed E-state index contributed by atoms with van der Waals surface area (Å²) < 4.78 is 0. The van der Waals surface area contributed by atoms with E-state index in [-0.39, 0.29) is 5.91 Å². The molecule has 68 valence electrons. The van der Waals surface area contributed by atoms with Crippen LogP contribution in [0.3, 0.4) is 0 Å². The van der Waals surface area contributed by atoms with Gasteiger partial charge in [-0.1, -0.05) is 18.2 Å². The van der Waals surface area contributed by atoms with Gasteiger partial charge in [0.1, 0.15) is 0 Å². The lowest BCUT2D eigenvalue weighted by Gasteiger charge is -2.16. The zero-order valence-electron chi connectivity index (χ0n) is 7.49. The van der Waals surface area contributed by atoms with E-state index in [2.05, 4.69) is 23.5 Å². The van der Waals surface area contributed by atoms with Gasteiger partial charge in [0.2, 0.25) is 5.91 Å². The summed E-state index contributed by atoms with van der Waals surface area (Å²) in [6, 6.07) is 0.377. The minimum atomic E-state index is 0.240. The first-order chi connectivity index (χ1) is 6.34. The van der Waals surface area contributed by atoms with Crippen molar-refractivity contribution in [3.63, 3.8) is 0 Å². The van der Waals surface area contributed by atoms with Crippen LogP contribution in [0.2, 0.25) is 0 Å². The molecule has 1 saturated carbocycles. The lowest BCUT2D eigenvalue weighted by Crippen LogP contribution is -2.28. The molecule has 2 fully saturated rings. The van der Waals surface area contributed by atoms with E-state index >= 15 is 0 Å². The van der Waals surface area contributed by atoms with E-state index in [4.69, 9.17) is 0 Å². The minimum absolute atomic E-state index is 0.240. The van der Waals surface area contributed by atoms with Crippen molar-refractivity contribution in [3.8, 4) is 0 Å². The third-order valence-electron chi connectivity index (χ3n) is 3.50. The number of amides is 1. The summed E-state index contributed by atoms with van der Waals surface area (Å²) in [6.07, 6.45) is 9.69. The zero-order valence-corrected chi connectivity index (χ0v) is 7.49. The number of carbonyl (C=O) groups excluding carboxylic acids is 1. The molecule has 1 saturated heterocycles. The Kier molecular flexibility index (Phi) is 1.40. The van der Waals surface area contributed by atoms with Crippen molar-refractivity contribution < 1.29 is 4.79 Å². The molecule has 2 heteroatoms. The van der Waals surface area contributed by atoms with E-state index in [1.54, 1.807) is 0 Å². The van der Waals surface area contributed by atoms with Crippen LogP contribution in [0, 0.1) is 11.8 Å². The van der Waals surface area contributed by atoms with Crippen molar-refractivity contribution >= 4 is 5.91 Å². The van der Waals surface area contributed by atoms with E-state index in [9.17, 15) is 4.79 Å². The molecule has 0 aromatic carbocycles. The SMILES string of the molecule is O=C1CC2CC3CC=CC=C3C2N1. The highest BCUT2D eigenvalue weighted by Crippen LogP contribution is 2.43. The lowest BCUT2D eigenvalue weighted by atomic mass is 9.93. The molecule has 0 radical (unpaired) electrons. The van der Waals surface area contributed by atoms with Crippen LogP contribution in [0.15, 0.2) is 23.8 Å². The normalized spacial score (nSPS) is 41.1. The number of fused-ring (bicyclic) bond motifs is 3. The van der Waals surface area contributed by atoms with Crippen LogP contribution in [0.5, 0.6) is 0 Å². The van der Waals surface area contributed by atoms with Crippen LogP contribution in [0.25, 0.3) is 0 Å². The Morgan fingerprint density at radius 3 is 3.31 bits per heavy atom. The highest BCUT2D eigenvalue weighted by atomic mass is 16.2. The summed E-state index contributed by atoms with van der Waals surface area (Å²) in [4.78, 5) is 11.2. The molecule has 1 heterocycles. The average molecular weight is 175 g/mol. The number of hydrogen-bond donors (Lipinski definition) is 1. The fourth-order valence-corrected chi connectivity index (χ4v) is 2.93. The smallest absolute Gasteiger partial charge is 0.220 e. The molecule has 3 unspecified atom stereocenters. The average Bonchev–Trinajstić information content (AvgIpc) is 2.60. The Balaban J connectivity index is 1.93. The largest absolute Gasteiger partial charge is 0.349 e. The molecule has 3 atom stereocenters. The van der Waals surface area contributed by atoms with Crippen molar-refractivity contribution in [1.82, 2.24) is 5.32 Å². The predicted octanol–water partition coefficient (Wildman–Crippen LogP) is 1.40. The molecule has 0 spiro atoms. The van der Waals surface area contributed by atoms with Gasteiger partial charge in [-0.3, -0.25) is 4.79 Å². The van der Waals surface area contributed by atoms with E-state index in [1.807, 2.05) is 0 Å². The van der Waals surface area contributed by atoms with Crippen LogP contribution in [0.4, 0.5) is 0 Å². The molecule has 0 aromatic rings. The molecule has 1 aliphatic heterocycles. The van der Waals surface area contributed by atoms with Gasteiger partial charge < -0.3 is 5.32 Å². The van der Waals surface area contributed by atoms with Gasteiger partial charge in [-0.25, -0.2) is 0 Å². The summed E-state index contributed by atoms with van der Waals surface area (Å²) in [7, 11) is 0. The van der Waals surface area contributed by atoms with Gasteiger partial charge in [-0.05, 0) is 30.3 Å². The van der Waals surface area contributed by atoms with Crippen molar-refractivity contribution in [1.29, 1.82) is 0 Å². The molecule has 3 rings (SSSR count). The second-order valence-corrected chi connectivity index (χ2v) is 4.27. The van der Waals surface area contributed by atoms with E-state index in [0.29, 0.717) is 12.0 Å². The van der Waals surface area contributed by atoms with Gasteiger partial charge >= 0.3 is 0 Å². The first-order valence-electron chi connectivity index (χ1n) is 5.00. The lowest BCUT2D eigenvalue weighted by molar-refractivity contribution is -0.119. The van der Waals surface area contributed by atoms with Crippen LogP contribution < -0.4 is 5.32 Å². The first-order valence-corrected chi connectivity index (χ1v) is 5.00. The Morgan fingerprint density at radius 2 is 2.38 bits per heavy atom. The predicted molar refractivity (Wildman–Crippen MR) is 50.0 cm³/mol. The monoisotopic (exact) mass is 175 g/mol. The number of rotatable bonds is 0. The Bertz CT molecular complexity index is 316. The molecular weight excluding hydrogens is 162 g/mol. The van der Waals surface area contributed by atoms with E-state index in [1.165, 1.54) is 18.4 Å². The van der Waals surface area contributed by atoms with Crippen molar-refractivity contribution in [2.45, 2.75) is 25.3 Å². The second kappa shape index (κ2) is 2.47. The quantitative estimate of drug-likeness (QED) is 0.592. The van der Waals surface area contributed by atoms with Crippen LogP contribution in [-0.2, 0) is 4.79 Å². The molecule has 1 N–H and O–H groups in total. The van der Waals surface area contributed by atoms with Gasteiger partial charge in [-0.2, -0.15) is 0 Å². The van der Waals surface area contributed by atoms with Gasteiger partial charge in [0.05, 0.1) is 6.04 Å². The summed E-state index contributed by atoms with van der Waals surface area (Å²) in [5.74, 6) is 1.55. The standard InChI is InChI=1S/C11H13NO/c13-10-6-8-5-7-3-1-2-4-9(7)11(8)12-10/h1-2,4,7-8,11H,3,5-6H2,(H,12,13). The van der Waals surface area contributed by atoms with Crippen LogP contribution >= 0.6 is 0 Å². The molecular formula is C11H13NO. The molecule has 13 heavy (non-hydrogen) atoms. The van der Waals surface area contributed by atoms with Gasteiger partial charge in [0.15, 0.2) is 0 Å². The molecule has 3 aliphatic rings. The summed E-state index contributed by atoms with van der Waals surface area (Å²) in [5, 5.41) is 3.07. The first kappa shape index (κ1) is 7.36. The molecule has 0 aromatic heterocycles. The summed E-state index contributed by atoms with van der Waals surface area (Å²) in [5.41, 5.74) is 1.47. The van der Waals surface area contributed by atoms with Crippen molar-refractivity contribution in [3.05, 3.63) is 23.8 Å². The van der Waals surface area contributed by atoms with Crippen molar-refractivity contribution in [2.75, 3.05) is 0 Å². The second-order valence-electron chi connectivity index (χ2n) is 4.27.